The van der Waals surface area contributed by atoms with E-state index in [0.717, 1.165) is 50.9 Å². The van der Waals surface area contributed by atoms with Gasteiger partial charge in [0.1, 0.15) is 5.75 Å². The van der Waals surface area contributed by atoms with E-state index in [1.54, 1.807) is 6.07 Å². The van der Waals surface area contributed by atoms with Crippen LogP contribution >= 0.6 is 0 Å². The molecule has 1 aromatic carbocycles. The van der Waals surface area contributed by atoms with Crippen LogP contribution in [0.3, 0.4) is 0 Å². The van der Waals surface area contributed by atoms with Gasteiger partial charge in [0.05, 0.1) is 5.60 Å². The largest absolute Gasteiger partial charge is 0.573 e. The maximum absolute atomic E-state index is 12.8. The van der Waals surface area contributed by atoms with Gasteiger partial charge in [0, 0.05) is 37.1 Å². The SMILES string of the molecule is C[C@H]1CN(C2CC2(c2cccc(OC(F)(F)F)c2)C2(O)CCCCC2)CCN1C. The van der Waals surface area contributed by atoms with Gasteiger partial charge in [-0.2, -0.15) is 0 Å². The van der Waals surface area contributed by atoms with Crippen LogP contribution in [0.1, 0.15) is 51.0 Å². The highest BCUT2D eigenvalue weighted by Crippen LogP contribution is 2.62. The molecule has 1 aromatic rings. The Hall–Kier alpha value is -1.31. The van der Waals surface area contributed by atoms with E-state index in [9.17, 15) is 18.3 Å². The summed E-state index contributed by atoms with van der Waals surface area (Å²) in [6, 6.07) is 6.90. The molecule has 3 atom stereocenters. The van der Waals surface area contributed by atoms with Gasteiger partial charge in [-0.3, -0.25) is 4.90 Å². The predicted octanol–water partition coefficient (Wildman–Crippen LogP) is 3.93. The molecule has 1 aliphatic heterocycles. The van der Waals surface area contributed by atoms with Crippen molar-refractivity contribution < 1.29 is 23.0 Å². The smallest absolute Gasteiger partial charge is 0.406 e. The highest BCUT2D eigenvalue weighted by molar-refractivity contribution is 5.45. The maximum atomic E-state index is 12.8. The molecule has 29 heavy (non-hydrogen) atoms. The van der Waals surface area contributed by atoms with Crippen LogP contribution in [0.25, 0.3) is 0 Å². The van der Waals surface area contributed by atoms with Crippen molar-refractivity contribution >= 4 is 0 Å². The average Bonchev–Trinajstić information content (AvgIpc) is 3.41. The van der Waals surface area contributed by atoms with Crippen molar-refractivity contribution in [2.75, 3.05) is 26.7 Å². The molecule has 3 fully saturated rings. The van der Waals surface area contributed by atoms with Crippen LogP contribution in [0.15, 0.2) is 24.3 Å². The molecule has 2 unspecified atom stereocenters. The number of alkyl halides is 3. The molecular weight excluding hydrogens is 381 g/mol. The zero-order chi connectivity index (χ0) is 20.9. The van der Waals surface area contributed by atoms with Crippen LogP contribution in [0, 0.1) is 0 Å². The fourth-order valence-electron chi connectivity index (χ4n) is 5.68. The molecule has 1 heterocycles. The number of piperazine rings is 1. The topological polar surface area (TPSA) is 35.9 Å². The van der Waals surface area contributed by atoms with Gasteiger partial charge < -0.3 is 14.7 Å². The van der Waals surface area contributed by atoms with Crippen molar-refractivity contribution in [3.8, 4) is 5.75 Å². The number of rotatable bonds is 4. The van der Waals surface area contributed by atoms with E-state index < -0.39 is 17.4 Å². The lowest BCUT2D eigenvalue weighted by Gasteiger charge is -2.44. The number of aliphatic hydroxyl groups is 1. The lowest BCUT2D eigenvalue weighted by molar-refractivity contribution is -0.274. The van der Waals surface area contributed by atoms with Gasteiger partial charge in [0.2, 0.25) is 0 Å². The van der Waals surface area contributed by atoms with E-state index in [0.29, 0.717) is 18.9 Å². The standard InChI is InChI=1S/C22H31F3N2O2/c1-16-15-27(12-11-26(16)2)19-14-21(19,20(28)9-4-3-5-10-20)17-7-6-8-18(13-17)29-22(23,24)25/h6-8,13,16,19,28H,3-5,9-12,14-15H2,1-2H3/t16-,19?,21?/m0/s1. The first-order chi connectivity index (χ1) is 13.6. The second-order valence-electron chi connectivity index (χ2n) is 9.18. The zero-order valence-electron chi connectivity index (χ0n) is 17.2. The number of halogens is 3. The third kappa shape index (κ3) is 3.89. The molecule has 2 aliphatic carbocycles. The van der Waals surface area contributed by atoms with Gasteiger partial charge in [-0.05, 0) is 50.9 Å². The Balaban J connectivity index is 1.67. The Morgan fingerprint density at radius 1 is 1.14 bits per heavy atom. The molecular formula is C22H31F3N2O2. The number of nitrogens with zero attached hydrogens (tertiary/aromatic N) is 2. The Morgan fingerprint density at radius 2 is 1.86 bits per heavy atom. The Kier molecular flexibility index (Phi) is 5.37. The first-order valence-corrected chi connectivity index (χ1v) is 10.7. The minimum Gasteiger partial charge on any atom is -0.406 e. The summed E-state index contributed by atoms with van der Waals surface area (Å²) >= 11 is 0. The molecule has 1 N–H and O–H groups in total. The molecule has 0 spiro atoms. The van der Waals surface area contributed by atoms with Gasteiger partial charge in [-0.15, -0.1) is 13.2 Å². The summed E-state index contributed by atoms with van der Waals surface area (Å²) in [7, 11) is 2.12. The normalized spacial score (nSPS) is 33.4. The van der Waals surface area contributed by atoms with Gasteiger partial charge in [-0.1, -0.05) is 31.4 Å². The van der Waals surface area contributed by atoms with Crippen molar-refractivity contribution in [3.05, 3.63) is 29.8 Å². The number of hydrogen-bond acceptors (Lipinski definition) is 4. The third-order valence-corrected chi connectivity index (χ3v) is 7.45. The predicted molar refractivity (Wildman–Crippen MR) is 105 cm³/mol. The Bertz CT molecular complexity index is 735. The second kappa shape index (κ2) is 7.43. The molecule has 1 saturated heterocycles. The summed E-state index contributed by atoms with van der Waals surface area (Å²) in [5, 5.41) is 11.8. The van der Waals surface area contributed by atoms with E-state index in [2.05, 4.69) is 28.5 Å². The van der Waals surface area contributed by atoms with E-state index in [1.165, 1.54) is 12.1 Å². The lowest BCUT2D eigenvalue weighted by Crippen LogP contribution is -2.55. The van der Waals surface area contributed by atoms with Gasteiger partial charge >= 0.3 is 6.36 Å². The summed E-state index contributed by atoms with van der Waals surface area (Å²) in [5.74, 6) is -0.203. The van der Waals surface area contributed by atoms with Crippen molar-refractivity contribution in [2.45, 2.75) is 74.9 Å². The first-order valence-electron chi connectivity index (χ1n) is 10.7. The Labute approximate surface area is 170 Å². The second-order valence-corrected chi connectivity index (χ2v) is 9.18. The van der Waals surface area contributed by atoms with E-state index >= 15 is 0 Å². The van der Waals surface area contributed by atoms with Crippen LogP contribution in [-0.4, -0.2) is 65.6 Å². The molecule has 4 nitrogen and oxygen atoms in total. The summed E-state index contributed by atoms with van der Waals surface area (Å²) in [4.78, 5) is 4.77. The van der Waals surface area contributed by atoms with Crippen LogP contribution in [0.5, 0.6) is 5.75 Å². The van der Waals surface area contributed by atoms with Crippen molar-refractivity contribution in [1.29, 1.82) is 0 Å². The van der Waals surface area contributed by atoms with Gasteiger partial charge in [0.15, 0.2) is 0 Å². The van der Waals surface area contributed by atoms with Gasteiger partial charge in [-0.25, -0.2) is 0 Å². The molecule has 7 heteroatoms. The van der Waals surface area contributed by atoms with E-state index in [1.807, 2.05) is 6.07 Å². The summed E-state index contributed by atoms with van der Waals surface area (Å²) in [5.41, 5.74) is -0.617. The van der Waals surface area contributed by atoms with Crippen molar-refractivity contribution in [2.24, 2.45) is 0 Å². The molecule has 2 saturated carbocycles. The summed E-state index contributed by atoms with van der Waals surface area (Å²) < 4.78 is 42.5. The molecule has 162 valence electrons. The summed E-state index contributed by atoms with van der Waals surface area (Å²) in [6.07, 6.45) is 0.505. The highest BCUT2D eigenvalue weighted by atomic mass is 19.4. The first kappa shape index (κ1) is 20.9. The van der Waals surface area contributed by atoms with Crippen molar-refractivity contribution in [1.82, 2.24) is 9.80 Å². The van der Waals surface area contributed by atoms with E-state index in [-0.39, 0.29) is 11.8 Å². The number of benzene rings is 1. The molecule has 0 bridgehead atoms. The minimum atomic E-state index is -4.72. The lowest BCUT2D eigenvalue weighted by atomic mass is 9.69. The summed E-state index contributed by atoms with van der Waals surface area (Å²) in [6.45, 7) is 4.99. The molecule has 4 rings (SSSR count). The highest BCUT2D eigenvalue weighted by Gasteiger charge is 2.68. The molecule has 0 aromatic heterocycles. The quantitative estimate of drug-likeness (QED) is 0.813. The minimum absolute atomic E-state index is 0.155. The number of ether oxygens (including phenoxy) is 1. The van der Waals surface area contributed by atoms with Crippen LogP contribution in [0.2, 0.25) is 0 Å². The van der Waals surface area contributed by atoms with Gasteiger partial charge in [0.25, 0.3) is 0 Å². The molecule has 0 radical (unpaired) electrons. The van der Waals surface area contributed by atoms with Crippen LogP contribution in [-0.2, 0) is 5.41 Å². The fourth-order valence-corrected chi connectivity index (χ4v) is 5.68. The third-order valence-electron chi connectivity index (χ3n) is 7.45. The zero-order valence-corrected chi connectivity index (χ0v) is 17.2. The molecule has 3 aliphatic rings. The number of likely N-dealkylation sites (N-methyl/N-ethyl adjacent to an activating group) is 1. The monoisotopic (exact) mass is 412 g/mol. The average molecular weight is 412 g/mol. The van der Waals surface area contributed by atoms with Crippen molar-refractivity contribution in [3.63, 3.8) is 0 Å². The van der Waals surface area contributed by atoms with Crippen LogP contribution in [0.4, 0.5) is 13.2 Å². The van der Waals surface area contributed by atoms with E-state index in [4.69, 9.17) is 0 Å². The number of hydrogen-bond donors (Lipinski definition) is 1. The Morgan fingerprint density at radius 3 is 2.52 bits per heavy atom. The fraction of sp³-hybridized carbons (Fsp3) is 0.727. The maximum Gasteiger partial charge on any atom is 0.573 e. The molecule has 0 amide bonds. The van der Waals surface area contributed by atoms with Crippen LogP contribution < -0.4 is 4.74 Å².